The van der Waals surface area contributed by atoms with Crippen molar-refractivity contribution < 1.29 is 17.3 Å². The van der Waals surface area contributed by atoms with Crippen LogP contribution in [-0.2, 0) is 0 Å². The molecule has 0 aliphatic rings. The van der Waals surface area contributed by atoms with Gasteiger partial charge in [0.25, 0.3) is 0 Å². The van der Waals surface area contributed by atoms with E-state index in [0.29, 0.717) is 22.5 Å². The van der Waals surface area contributed by atoms with Gasteiger partial charge in [-0.15, -0.1) is 0 Å². The summed E-state index contributed by atoms with van der Waals surface area (Å²) in [5.74, 6) is 0. The summed E-state index contributed by atoms with van der Waals surface area (Å²) >= 11 is 0. The number of benzene rings is 6. The van der Waals surface area contributed by atoms with Crippen LogP contribution in [0.2, 0.25) is 0 Å². The standard InChI is InChI=1S/C36H24N4.BF4/c37-39-30-24-14-13-23-29(30)35-33(27-19-9-3-10-20-27)31(25-15-5-1-6-16-25)32(26-17-7-2-8-18-26)34(36(35)40-38)28-21-11-4-12-22-28;2-1(3,4)5/h1-24H;/q+2;-1. The Morgan fingerprint density at radius 2 is 0.689 bits per heavy atom. The van der Waals surface area contributed by atoms with E-state index in [-0.39, 0.29) is 0 Å². The maximum atomic E-state index is 10.8. The summed E-state index contributed by atoms with van der Waals surface area (Å²) in [6.07, 6.45) is 0. The Balaban J connectivity index is 0.000000743. The Hall–Kier alpha value is -6.06. The van der Waals surface area contributed by atoms with Gasteiger partial charge in [0.15, 0.2) is 9.95 Å². The van der Waals surface area contributed by atoms with Crippen LogP contribution >= 0.6 is 0 Å². The minimum atomic E-state index is -6.00. The molecule has 0 aliphatic carbocycles. The molecular formula is C36H24BF4N4+. The average Bonchev–Trinajstić information content (AvgIpc) is 3.07. The highest BCUT2D eigenvalue weighted by Crippen LogP contribution is 2.57. The summed E-state index contributed by atoms with van der Waals surface area (Å²) in [5, 5.41) is 20.9. The first kappa shape index (κ1) is 30.4. The summed E-state index contributed by atoms with van der Waals surface area (Å²) < 4.78 is 39.0. The van der Waals surface area contributed by atoms with Crippen molar-refractivity contribution in [3.63, 3.8) is 0 Å². The molecule has 0 amide bonds. The van der Waals surface area contributed by atoms with Gasteiger partial charge in [0.05, 0.1) is 16.7 Å². The minimum absolute atomic E-state index is 0.384. The van der Waals surface area contributed by atoms with Gasteiger partial charge in [-0.25, -0.2) is 0 Å². The van der Waals surface area contributed by atoms with E-state index in [1.165, 1.54) is 0 Å². The SMILES string of the molecule is F[B-](F)(F)F.N#[N+]c1ccccc1-c1c([N+]#N)c(-c2ccccc2)c(-c2ccccc2)c(-c2ccccc2)c1-c1ccccc1. The third-order valence-corrected chi connectivity index (χ3v) is 7.10. The van der Waals surface area contributed by atoms with Gasteiger partial charge in [0.1, 0.15) is 0 Å². The molecule has 9 heteroatoms. The molecule has 218 valence electrons. The monoisotopic (exact) mass is 599 g/mol. The summed E-state index contributed by atoms with van der Waals surface area (Å²) in [5.41, 5.74) is 9.61. The van der Waals surface area contributed by atoms with Crippen LogP contribution in [0.5, 0.6) is 0 Å². The van der Waals surface area contributed by atoms with Gasteiger partial charge in [-0.1, -0.05) is 133 Å². The molecule has 6 aromatic rings. The number of halogens is 4. The fourth-order valence-electron chi connectivity index (χ4n) is 5.44. The Bertz CT molecular complexity index is 2000. The molecule has 6 aromatic carbocycles. The maximum Gasteiger partial charge on any atom is 0.673 e. The lowest BCUT2D eigenvalue weighted by molar-refractivity contribution is 0.368. The molecule has 0 aromatic heterocycles. The smallest absolute Gasteiger partial charge is 0.418 e. The highest BCUT2D eigenvalue weighted by molar-refractivity contribution is 6.50. The van der Waals surface area contributed by atoms with E-state index >= 15 is 0 Å². The van der Waals surface area contributed by atoms with Crippen molar-refractivity contribution in [1.29, 1.82) is 10.8 Å². The number of hydrogen-bond acceptors (Lipinski definition) is 2. The average molecular weight is 599 g/mol. The van der Waals surface area contributed by atoms with Gasteiger partial charge in [0, 0.05) is 17.2 Å². The van der Waals surface area contributed by atoms with E-state index in [1.807, 2.05) is 103 Å². The highest BCUT2D eigenvalue weighted by Gasteiger charge is 2.37. The molecule has 0 heterocycles. The third kappa shape index (κ3) is 6.79. The van der Waals surface area contributed by atoms with Gasteiger partial charge in [0.2, 0.25) is 10.8 Å². The zero-order chi connectivity index (χ0) is 31.8. The molecule has 0 atom stereocenters. The van der Waals surface area contributed by atoms with Gasteiger partial charge < -0.3 is 17.3 Å². The van der Waals surface area contributed by atoms with Gasteiger partial charge in [-0.05, 0) is 33.9 Å². The van der Waals surface area contributed by atoms with Crippen LogP contribution in [0.15, 0.2) is 146 Å². The van der Waals surface area contributed by atoms with Crippen LogP contribution in [-0.4, -0.2) is 7.25 Å². The molecule has 0 saturated heterocycles. The Labute approximate surface area is 257 Å². The van der Waals surface area contributed by atoms with E-state index in [1.54, 1.807) is 6.07 Å². The van der Waals surface area contributed by atoms with Crippen LogP contribution in [0.4, 0.5) is 28.6 Å². The number of rotatable bonds is 5. The second kappa shape index (κ2) is 13.5. The predicted molar refractivity (Wildman–Crippen MR) is 173 cm³/mol. The van der Waals surface area contributed by atoms with Crippen LogP contribution < -0.4 is 0 Å². The molecular weight excluding hydrogens is 575 g/mol. The largest absolute Gasteiger partial charge is 0.673 e. The van der Waals surface area contributed by atoms with Crippen LogP contribution in [0.25, 0.3) is 65.6 Å². The molecule has 6 rings (SSSR count). The van der Waals surface area contributed by atoms with Crippen molar-refractivity contribution in [2.24, 2.45) is 0 Å². The van der Waals surface area contributed by atoms with E-state index in [9.17, 15) is 28.0 Å². The molecule has 0 N–H and O–H groups in total. The molecule has 0 radical (unpaired) electrons. The predicted octanol–water partition coefficient (Wildman–Crippen LogP) is 12.3. The first-order valence-electron chi connectivity index (χ1n) is 13.9. The number of diazo groups is 2. The molecule has 0 unspecified atom stereocenters. The molecule has 4 nitrogen and oxygen atoms in total. The van der Waals surface area contributed by atoms with E-state index in [4.69, 9.17) is 0 Å². The normalized spacial score (nSPS) is 10.6. The molecule has 0 aliphatic heterocycles. The lowest BCUT2D eigenvalue weighted by Crippen LogP contribution is -2.02. The van der Waals surface area contributed by atoms with Crippen molar-refractivity contribution in [3.8, 4) is 55.6 Å². The molecule has 45 heavy (non-hydrogen) atoms. The molecule has 0 saturated carbocycles. The third-order valence-electron chi connectivity index (χ3n) is 7.10. The Morgan fingerprint density at radius 1 is 0.378 bits per heavy atom. The lowest BCUT2D eigenvalue weighted by atomic mass is 9.77. The fourth-order valence-corrected chi connectivity index (χ4v) is 5.44. The van der Waals surface area contributed by atoms with Crippen LogP contribution in [0, 0.1) is 10.8 Å². The first-order valence-corrected chi connectivity index (χ1v) is 13.9. The Kier molecular flexibility index (Phi) is 9.12. The molecule has 0 fully saturated rings. The molecule has 0 bridgehead atoms. The first-order chi connectivity index (χ1) is 21.8. The van der Waals surface area contributed by atoms with Crippen LogP contribution in [0.3, 0.4) is 0 Å². The lowest BCUT2D eigenvalue weighted by Gasteiger charge is -2.22. The summed E-state index contributed by atoms with van der Waals surface area (Å²) in [6, 6.07) is 47.9. The van der Waals surface area contributed by atoms with E-state index in [2.05, 4.69) is 46.4 Å². The zero-order valence-corrected chi connectivity index (χ0v) is 23.7. The van der Waals surface area contributed by atoms with Crippen molar-refractivity contribution in [3.05, 3.63) is 156 Å². The number of nitrogens with zero attached hydrogens (tertiary/aromatic N) is 4. The van der Waals surface area contributed by atoms with Gasteiger partial charge in [-0.2, -0.15) is 0 Å². The Morgan fingerprint density at radius 3 is 1.07 bits per heavy atom. The molecule has 0 spiro atoms. The summed E-state index contributed by atoms with van der Waals surface area (Å²) in [4.78, 5) is 7.60. The quantitative estimate of drug-likeness (QED) is 0.112. The summed E-state index contributed by atoms with van der Waals surface area (Å²) in [7, 11) is -6.00. The second-order valence-electron chi connectivity index (χ2n) is 9.90. The van der Waals surface area contributed by atoms with Crippen LogP contribution in [0.1, 0.15) is 0 Å². The second-order valence-corrected chi connectivity index (χ2v) is 9.90. The fraction of sp³-hybridized carbons (Fsp3) is 0. The van der Waals surface area contributed by atoms with E-state index < -0.39 is 7.25 Å². The topological polar surface area (TPSA) is 56.3 Å². The maximum absolute atomic E-state index is 10.8. The van der Waals surface area contributed by atoms with Crippen molar-refractivity contribution >= 4 is 18.6 Å². The van der Waals surface area contributed by atoms with Crippen molar-refractivity contribution in [1.82, 2.24) is 0 Å². The van der Waals surface area contributed by atoms with Gasteiger partial charge >= 0.3 is 18.6 Å². The summed E-state index contributed by atoms with van der Waals surface area (Å²) in [6.45, 7) is 0. The van der Waals surface area contributed by atoms with Gasteiger partial charge in [-0.3, -0.25) is 0 Å². The van der Waals surface area contributed by atoms with Crippen molar-refractivity contribution in [2.75, 3.05) is 0 Å². The van der Waals surface area contributed by atoms with Crippen molar-refractivity contribution in [2.45, 2.75) is 0 Å². The minimum Gasteiger partial charge on any atom is -0.418 e. The van der Waals surface area contributed by atoms with E-state index in [0.717, 1.165) is 44.5 Å². The highest BCUT2D eigenvalue weighted by atomic mass is 19.5. The zero-order valence-electron chi connectivity index (χ0n) is 23.7. The number of hydrogen-bond donors (Lipinski definition) is 0.